The van der Waals surface area contributed by atoms with Crippen molar-refractivity contribution in [2.45, 2.75) is 25.3 Å². The number of carboxylic acid groups (broad SMARTS) is 1. The molecule has 108 valence electrons. The van der Waals surface area contributed by atoms with Crippen LogP contribution in [0.4, 0.5) is 0 Å². The minimum absolute atomic E-state index is 0.0110. The molecule has 0 aliphatic heterocycles. The van der Waals surface area contributed by atoms with Crippen LogP contribution in [0.5, 0.6) is 0 Å². The summed E-state index contributed by atoms with van der Waals surface area (Å²) in [7, 11) is 0. The first-order valence-corrected chi connectivity index (χ1v) is 6.96. The molecule has 1 aliphatic carbocycles. The van der Waals surface area contributed by atoms with Crippen molar-refractivity contribution in [3.63, 3.8) is 0 Å². The van der Waals surface area contributed by atoms with Crippen molar-refractivity contribution in [2.24, 2.45) is 5.92 Å². The summed E-state index contributed by atoms with van der Waals surface area (Å²) in [6.07, 6.45) is 2.71. The summed E-state index contributed by atoms with van der Waals surface area (Å²) in [5.41, 5.74) is -1.48. The molecule has 2 N–H and O–H groups in total. The lowest BCUT2D eigenvalue weighted by molar-refractivity contribution is -0.144. The van der Waals surface area contributed by atoms with Gasteiger partial charge in [0.1, 0.15) is 11.2 Å². The van der Waals surface area contributed by atoms with Crippen LogP contribution >= 0.6 is 34.8 Å². The number of amides is 1. The van der Waals surface area contributed by atoms with Gasteiger partial charge in [0, 0.05) is 6.20 Å². The number of hydrogen-bond donors (Lipinski definition) is 2. The summed E-state index contributed by atoms with van der Waals surface area (Å²) >= 11 is 17.5. The van der Waals surface area contributed by atoms with Gasteiger partial charge >= 0.3 is 5.97 Å². The molecule has 1 heterocycles. The Balaban J connectivity index is 2.28. The minimum Gasteiger partial charge on any atom is -0.480 e. The van der Waals surface area contributed by atoms with Gasteiger partial charge in [-0.25, -0.2) is 9.78 Å². The highest BCUT2D eigenvalue weighted by Crippen LogP contribution is 2.40. The van der Waals surface area contributed by atoms with Gasteiger partial charge in [-0.1, -0.05) is 34.8 Å². The van der Waals surface area contributed by atoms with Gasteiger partial charge in [0.2, 0.25) is 0 Å². The first-order valence-electron chi connectivity index (χ1n) is 5.82. The van der Waals surface area contributed by atoms with Crippen molar-refractivity contribution < 1.29 is 14.7 Å². The lowest BCUT2D eigenvalue weighted by atomic mass is 9.96. The Morgan fingerprint density at radius 2 is 1.95 bits per heavy atom. The van der Waals surface area contributed by atoms with Crippen molar-refractivity contribution in [3.8, 4) is 0 Å². The van der Waals surface area contributed by atoms with Crippen LogP contribution in [-0.4, -0.2) is 27.5 Å². The quantitative estimate of drug-likeness (QED) is 0.885. The van der Waals surface area contributed by atoms with Crippen molar-refractivity contribution in [3.05, 3.63) is 27.0 Å². The van der Waals surface area contributed by atoms with Gasteiger partial charge in [-0.05, 0) is 25.7 Å². The Morgan fingerprint density at radius 1 is 1.35 bits per heavy atom. The summed E-state index contributed by atoms with van der Waals surface area (Å²) < 4.78 is 0. The molecule has 1 fully saturated rings. The Bertz CT molecular complexity index is 590. The van der Waals surface area contributed by atoms with E-state index < -0.39 is 17.4 Å². The summed E-state index contributed by atoms with van der Waals surface area (Å²) in [5, 5.41) is 11.8. The third-order valence-corrected chi connectivity index (χ3v) is 4.58. The Kier molecular flexibility index (Phi) is 4.14. The SMILES string of the molecule is CC(NC(=O)c1ncc(Cl)c(Cl)c1Cl)(C(=O)O)C1CC1. The average molecular weight is 338 g/mol. The van der Waals surface area contributed by atoms with Crippen LogP contribution in [0.2, 0.25) is 15.1 Å². The summed E-state index contributed by atoms with van der Waals surface area (Å²) in [4.78, 5) is 27.3. The fraction of sp³-hybridized carbons (Fsp3) is 0.417. The van der Waals surface area contributed by atoms with Gasteiger partial charge in [0.05, 0.1) is 15.1 Å². The van der Waals surface area contributed by atoms with Crippen molar-refractivity contribution in [1.82, 2.24) is 10.3 Å². The van der Waals surface area contributed by atoms with E-state index in [0.717, 1.165) is 12.8 Å². The first kappa shape index (κ1) is 15.4. The monoisotopic (exact) mass is 336 g/mol. The molecule has 1 aromatic heterocycles. The van der Waals surface area contributed by atoms with E-state index in [-0.39, 0.29) is 26.7 Å². The van der Waals surface area contributed by atoms with E-state index >= 15 is 0 Å². The van der Waals surface area contributed by atoms with Gasteiger partial charge in [-0.3, -0.25) is 4.79 Å². The predicted molar refractivity (Wildman–Crippen MR) is 75.5 cm³/mol. The third-order valence-electron chi connectivity index (χ3n) is 3.34. The number of nitrogens with one attached hydrogen (secondary N) is 1. The molecule has 1 atom stereocenters. The van der Waals surface area contributed by atoms with Crippen LogP contribution in [0.25, 0.3) is 0 Å². The van der Waals surface area contributed by atoms with Crippen LogP contribution in [-0.2, 0) is 4.79 Å². The summed E-state index contributed by atoms with van der Waals surface area (Å²) in [6.45, 7) is 1.47. The van der Waals surface area contributed by atoms with E-state index in [1.54, 1.807) is 0 Å². The first-order chi connectivity index (χ1) is 9.27. The molecule has 20 heavy (non-hydrogen) atoms. The van der Waals surface area contributed by atoms with Crippen LogP contribution in [0.3, 0.4) is 0 Å². The zero-order valence-electron chi connectivity index (χ0n) is 10.4. The molecule has 0 aromatic carbocycles. The predicted octanol–water partition coefficient (Wildman–Crippen LogP) is 3.02. The number of carbonyl (C=O) groups excluding carboxylic acids is 1. The lowest BCUT2D eigenvalue weighted by Crippen LogP contribution is -2.54. The number of rotatable bonds is 4. The molecule has 1 aliphatic rings. The number of pyridine rings is 1. The molecule has 0 radical (unpaired) electrons. The Labute approximate surface area is 130 Å². The van der Waals surface area contributed by atoms with Gasteiger partial charge < -0.3 is 10.4 Å². The topological polar surface area (TPSA) is 79.3 Å². The fourth-order valence-electron chi connectivity index (χ4n) is 1.89. The van der Waals surface area contributed by atoms with E-state index in [1.165, 1.54) is 13.1 Å². The minimum atomic E-state index is -1.34. The molecule has 0 saturated heterocycles. The van der Waals surface area contributed by atoms with Crippen LogP contribution in [0.1, 0.15) is 30.3 Å². The molecule has 1 aromatic rings. The van der Waals surface area contributed by atoms with E-state index in [2.05, 4.69) is 10.3 Å². The smallest absolute Gasteiger partial charge is 0.329 e. The molecule has 5 nitrogen and oxygen atoms in total. The van der Waals surface area contributed by atoms with Crippen molar-refractivity contribution >= 4 is 46.7 Å². The normalized spacial score (nSPS) is 17.4. The molecule has 8 heteroatoms. The molecular weight excluding hydrogens is 327 g/mol. The molecule has 1 saturated carbocycles. The van der Waals surface area contributed by atoms with Crippen LogP contribution in [0.15, 0.2) is 6.20 Å². The Hall–Kier alpha value is -1.04. The molecule has 1 amide bonds. The second-order valence-electron chi connectivity index (χ2n) is 4.82. The highest BCUT2D eigenvalue weighted by Gasteiger charge is 2.49. The Morgan fingerprint density at radius 3 is 2.45 bits per heavy atom. The van der Waals surface area contributed by atoms with E-state index in [0.29, 0.717) is 0 Å². The molecule has 0 spiro atoms. The highest BCUT2D eigenvalue weighted by molar-refractivity contribution is 6.48. The average Bonchev–Trinajstić information content (AvgIpc) is 3.20. The zero-order valence-corrected chi connectivity index (χ0v) is 12.7. The van der Waals surface area contributed by atoms with Crippen molar-refractivity contribution in [2.75, 3.05) is 0 Å². The summed E-state index contributed by atoms with van der Waals surface area (Å²) in [6, 6.07) is 0. The van der Waals surface area contributed by atoms with Gasteiger partial charge in [0.25, 0.3) is 5.91 Å². The number of halogens is 3. The third kappa shape index (κ3) is 2.71. The standard InChI is InChI=1S/C12H11Cl3N2O3/c1-12(11(19)20,5-2-3-5)17-10(18)9-8(15)7(14)6(13)4-16-9/h4-5H,2-3H2,1H3,(H,17,18)(H,19,20). The largest absolute Gasteiger partial charge is 0.480 e. The fourth-order valence-corrected chi connectivity index (χ4v) is 2.45. The summed E-state index contributed by atoms with van der Waals surface area (Å²) in [5.74, 6) is -1.87. The van der Waals surface area contributed by atoms with Crippen LogP contribution < -0.4 is 5.32 Å². The molecule has 2 rings (SSSR count). The van der Waals surface area contributed by atoms with Crippen molar-refractivity contribution in [1.29, 1.82) is 0 Å². The highest BCUT2D eigenvalue weighted by atomic mass is 35.5. The molecular formula is C12H11Cl3N2O3. The second kappa shape index (κ2) is 5.39. The maximum absolute atomic E-state index is 12.2. The zero-order chi connectivity index (χ0) is 15.1. The maximum Gasteiger partial charge on any atom is 0.329 e. The van der Waals surface area contributed by atoms with Crippen LogP contribution in [0, 0.1) is 5.92 Å². The van der Waals surface area contributed by atoms with E-state index in [1.807, 2.05) is 0 Å². The molecule has 1 unspecified atom stereocenters. The number of hydrogen-bond acceptors (Lipinski definition) is 3. The second-order valence-corrected chi connectivity index (χ2v) is 5.98. The van der Waals surface area contributed by atoms with Gasteiger partial charge in [0.15, 0.2) is 0 Å². The number of carbonyl (C=O) groups is 2. The van der Waals surface area contributed by atoms with Gasteiger partial charge in [-0.15, -0.1) is 0 Å². The number of aromatic nitrogens is 1. The lowest BCUT2D eigenvalue weighted by Gasteiger charge is -2.26. The maximum atomic E-state index is 12.2. The van der Waals surface area contributed by atoms with E-state index in [4.69, 9.17) is 34.8 Å². The number of aliphatic carboxylic acids is 1. The number of carboxylic acids is 1. The van der Waals surface area contributed by atoms with Gasteiger partial charge in [-0.2, -0.15) is 0 Å². The van der Waals surface area contributed by atoms with E-state index in [9.17, 15) is 14.7 Å². The molecule has 0 bridgehead atoms. The number of nitrogens with zero attached hydrogens (tertiary/aromatic N) is 1.